The predicted octanol–water partition coefficient (Wildman–Crippen LogP) is 6.70. The lowest BCUT2D eigenvalue weighted by molar-refractivity contribution is -0.141. The summed E-state index contributed by atoms with van der Waals surface area (Å²) in [6.45, 7) is 6.59. The van der Waals surface area contributed by atoms with Crippen molar-refractivity contribution in [3.8, 4) is 17.2 Å². The van der Waals surface area contributed by atoms with Gasteiger partial charge in [-0.15, -0.1) is 0 Å². The van der Waals surface area contributed by atoms with Crippen molar-refractivity contribution in [3.63, 3.8) is 0 Å². The van der Waals surface area contributed by atoms with E-state index in [1.165, 1.54) is 12.0 Å². The standard InChI is InChI=1S/C29H30Br2N2O6/c1-5-32(6-2)29(36)22-17-21(13-14-25(22)37-4)39-27-23(30)15-20(16-24(27)31)33(18-26(34)38-7-3)28(35)19-11-9-8-10-12-19/h8-17H,5-7,18H2,1-4H3. The average Bonchev–Trinajstić information content (AvgIpc) is 2.94. The largest absolute Gasteiger partial charge is 0.496 e. The molecule has 3 aromatic carbocycles. The van der Waals surface area contributed by atoms with E-state index in [1.807, 2.05) is 19.9 Å². The zero-order valence-electron chi connectivity index (χ0n) is 22.2. The van der Waals surface area contributed by atoms with E-state index in [0.717, 1.165) is 0 Å². The predicted molar refractivity (Wildman–Crippen MR) is 157 cm³/mol. The van der Waals surface area contributed by atoms with Crippen molar-refractivity contribution < 1.29 is 28.6 Å². The van der Waals surface area contributed by atoms with Crippen LogP contribution in [0.25, 0.3) is 0 Å². The lowest BCUT2D eigenvalue weighted by Gasteiger charge is -2.24. The molecule has 0 fully saturated rings. The van der Waals surface area contributed by atoms with Gasteiger partial charge in [0.05, 0.1) is 28.2 Å². The second-order valence-electron chi connectivity index (χ2n) is 8.24. The number of methoxy groups -OCH3 is 1. The maximum atomic E-state index is 13.4. The van der Waals surface area contributed by atoms with Crippen molar-refractivity contribution >= 4 is 55.3 Å². The third-order valence-electron chi connectivity index (χ3n) is 5.83. The summed E-state index contributed by atoms with van der Waals surface area (Å²) in [6.07, 6.45) is 0. The topological polar surface area (TPSA) is 85.4 Å². The van der Waals surface area contributed by atoms with Gasteiger partial charge < -0.3 is 19.1 Å². The molecular formula is C29H30Br2N2O6. The Morgan fingerprint density at radius 1 is 0.846 bits per heavy atom. The molecule has 0 saturated heterocycles. The van der Waals surface area contributed by atoms with Crippen LogP contribution in [-0.2, 0) is 9.53 Å². The van der Waals surface area contributed by atoms with Crippen molar-refractivity contribution in [2.75, 3.05) is 38.3 Å². The fraction of sp³-hybridized carbons (Fsp3) is 0.276. The van der Waals surface area contributed by atoms with E-state index in [-0.39, 0.29) is 25.0 Å². The number of hydrogen-bond acceptors (Lipinski definition) is 6. The van der Waals surface area contributed by atoms with E-state index in [2.05, 4.69) is 31.9 Å². The van der Waals surface area contributed by atoms with Crippen molar-refractivity contribution in [3.05, 3.63) is 80.7 Å². The molecular weight excluding hydrogens is 632 g/mol. The third-order valence-corrected chi connectivity index (χ3v) is 7.00. The zero-order chi connectivity index (χ0) is 28.5. The van der Waals surface area contributed by atoms with E-state index in [0.29, 0.717) is 56.1 Å². The number of amides is 2. The Hall–Kier alpha value is -3.37. The molecule has 3 aromatic rings. The number of anilines is 1. The lowest BCUT2D eigenvalue weighted by Crippen LogP contribution is -2.36. The monoisotopic (exact) mass is 660 g/mol. The summed E-state index contributed by atoms with van der Waals surface area (Å²) in [6, 6.07) is 17.1. The Labute approximate surface area is 245 Å². The Kier molecular flexibility index (Phi) is 10.9. The van der Waals surface area contributed by atoms with Crippen LogP contribution in [0.3, 0.4) is 0 Å². The number of carbonyl (C=O) groups excluding carboxylic acids is 3. The summed E-state index contributed by atoms with van der Waals surface area (Å²) in [5.74, 6) is 0.244. The Morgan fingerprint density at radius 2 is 1.49 bits per heavy atom. The van der Waals surface area contributed by atoms with Gasteiger partial charge in [0, 0.05) is 24.3 Å². The van der Waals surface area contributed by atoms with Crippen molar-refractivity contribution in [1.82, 2.24) is 4.90 Å². The van der Waals surface area contributed by atoms with Crippen LogP contribution in [0.1, 0.15) is 41.5 Å². The Balaban J connectivity index is 1.97. The number of halogens is 2. The molecule has 0 N–H and O–H groups in total. The van der Waals surface area contributed by atoms with E-state index in [4.69, 9.17) is 14.2 Å². The molecule has 0 aliphatic carbocycles. The zero-order valence-corrected chi connectivity index (χ0v) is 25.4. The molecule has 0 saturated carbocycles. The molecule has 0 heterocycles. The maximum absolute atomic E-state index is 13.4. The van der Waals surface area contributed by atoms with Crippen LogP contribution >= 0.6 is 31.9 Å². The second kappa shape index (κ2) is 14.1. The minimum Gasteiger partial charge on any atom is -0.496 e. The van der Waals surface area contributed by atoms with Gasteiger partial charge in [-0.2, -0.15) is 0 Å². The first kappa shape index (κ1) is 30.2. The highest BCUT2D eigenvalue weighted by Gasteiger charge is 2.24. The minimum absolute atomic E-state index is 0.162. The molecule has 0 unspecified atom stereocenters. The van der Waals surface area contributed by atoms with Gasteiger partial charge >= 0.3 is 5.97 Å². The quantitative estimate of drug-likeness (QED) is 0.213. The molecule has 0 aliphatic rings. The van der Waals surface area contributed by atoms with Crippen molar-refractivity contribution in [2.45, 2.75) is 20.8 Å². The number of hydrogen-bond donors (Lipinski definition) is 0. The van der Waals surface area contributed by atoms with Gasteiger partial charge in [-0.25, -0.2) is 0 Å². The van der Waals surface area contributed by atoms with E-state index in [1.54, 1.807) is 66.4 Å². The number of rotatable bonds is 11. The summed E-state index contributed by atoms with van der Waals surface area (Å²) >= 11 is 7.08. The molecule has 3 rings (SSSR count). The molecule has 206 valence electrons. The highest BCUT2D eigenvalue weighted by atomic mass is 79.9. The first-order valence-electron chi connectivity index (χ1n) is 12.4. The second-order valence-corrected chi connectivity index (χ2v) is 9.95. The molecule has 10 heteroatoms. The van der Waals surface area contributed by atoms with Crippen LogP contribution in [0.5, 0.6) is 17.2 Å². The first-order chi connectivity index (χ1) is 18.7. The fourth-order valence-electron chi connectivity index (χ4n) is 3.87. The van der Waals surface area contributed by atoms with Crippen LogP contribution in [0.4, 0.5) is 5.69 Å². The van der Waals surface area contributed by atoms with Crippen molar-refractivity contribution in [2.24, 2.45) is 0 Å². The molecule has 8 nitrogen and oxygen atoms in total. The lowest BCUT2D eigenvalue weighted by atomic mass is 10.1. The molecule has 39 heavy (non-hydrogen) atoms. The highest BCUT2D eigenvalue weighted by Crippen LogP contribution is 2.41. The smallest absolute Gasteiger partial charge is 0.326 e. The minimum atomic E-state index is -0.530. The van der Waals surface area contributed by atoms with Gasteiger partial charge in [-0.05, 0) is 95.1 Å². The Morgan fingerprint density at radius 3 is 2.05 bits per heavy atom. The summed E-state index contributed by atoms with van der Waals surface area (Å²) in [4.78, 5) is 41.8. The van der Waals surface area contributed by atoms with Gasteiger partial charge in [0.15, 0.2) is 5.75 Å². The van der Waals surface area contributed by atoms with Crippen molar-refractivity contribution in [1.29, 1.82) is 0 Å². The number of carbonyl (C=O) groups is 3. The summed E-state index contributed by atoms with van der Waals surface area (Å²) in [5, 5.41) is 0. The molecule has 0 atom stereocenters. The van der Waals surface area contributed by atoms with Gasteiger partial charge in [0.2, 0.25) is 0 Å². The van der Waals surface area contributed by atoms with E-state index < -0.39 is 5.97 Å². The SMILES string of the molecule is CCOC(=O)CN(C(=O)c1ccccc1)c1cc(Br)c(Oc2ccc(OC)c(C(=O)N(CC)CC)c2)c(Br)c1. The molecule has 0 aliphatic heterocycles. The van der Waals surface area contributed by atoms with Gasteiger partial charge in [-0.3, -0.25) is 19.3 Å². The fourth-order valence-corrected chi connectivity index (χ4v) is 5.19. The van der Waals surface area contributed by atoms with E-state index >= 15 is 0 Å². The average molecular weight is 662 g/mol. The number of benzene rings is 3. The van der Waals surface area contributed by atoms with Gasteiger partial charge in [0.1, 0.15) is 18.0 Å². The molecule has 0 aromatic heterocycles. The highest BCUT2D eigenvalue weighted by molar-refractivity contribution is 9.11. The van der Waals surface area contributed by atoms with Crippen LogP contribution in [0, 0.1) is 0 Å². The van der Waals surface area contributed by atoms with Crippen LogP contribution in [0.15, 0.2) is 69.6 Å². The van der Waals surface area contributed by atoms with Gasteiger partial charge in [-0.1, -0.05) is 18.2 Å². The van der Waals surface area contributed by atoms with E-state index in [9.17, 15) is 14.4 Å². The number of esters is 1. The number of nitrogens with zero attached hydrogens (tertiary/aromatic N) is 2. The van der Waals surface area contributed by atoms with Crippen LogP contribution < -0.4 is 14.4 Å². The molecule has 0 bridgehead atoms. The molecule has 0 spiro atoms. The number of ether oxygens (including phenoxy) is 3. The summed E-state index contributed by atoms with van der Waals surface area (Å²) in [5.41, 5.74) is 1.27. The maximum Gasteiger partial charge on any atom is 0.326 e. The first-order valence-corrected chi connectivity index (χ1v) is 14.0. The normalized spacial score (nSPS) is 10.5. The Bertz CT molecular complexity index is 1310. The van der Waals surface area contributed by atoms with Crippen LogP contribution in [-0.4, -0.2) is 56.0 Å². The van der Waals surface area contributed by atoms with Gasteiger partial charge in [0.25, 0.3) is 11.8 Å². The molecule has 0 radical (unpaired) electrons. The summed E-state index contributed by atoms with van der Waals surface area (Å²) in [7, 11) is 1.51. The van der Waals surface area contributed by atoms with Crippen LogP contribution in [0.2, 0.25) is 0 Å². The summed E-state index contributed by atoms with van der Waals surface area (Å²) < 4.78 is 17.7. The third kappa shape index (κ3) is 7.39. The molecule has 2 amide bonds.